The lowest BCUT2D eigenvalue weighted by Crippen LogP contribution is -2.49. The maximum absolute atomic E-state index is 3.93. The molecule has 0 aromatic carbocycles. The molecule has 2 heterocycles. The Morgan fingerprint density at radius 2 is 2.50 bits per heavy atom. The minimum Gasteiger partial charge on any atom is -0.314 e. The molecule has 2 rings (SSSR count). The van der Waals surface area contributed by atoms with Crippen molar-refractivity contribution in [3.8, 4) is 0 Å². The molecule has 0 spiro atoms. The second-order valence-electron chi connectivity index (χ2n) is 3.87. The van der Waals surface area contributed by atoms with Gasteiger partial charge in [-0.05, 0) is 6.92 Å². The molecule has 5 nitrogen and oxygen atoms in total. The topological polar surface area (TPSA) is 46.0 Å². The van der Waals surface area contributed by atoms with Crippen LogP contribution >= 0.6 is 0 Å². The van der Waals surface area contributed by atoms with Crippen LogP contribution < -0.4 is 5.32 Å². The van der Waals surface area contributed by atoms with Gasteiger partial charge in [0, 0.05) is 39.3 Å². The molecule has 0 saturated carbocycles. The average Bonchev–Trinajstić information content (AvgIpc) is 2.56. The lowest BCUT2D eigenvalue weighted by molar-refractivity contribution is 0.162. The van der Waals surface area contributed by atoms with E-state index >= 15 is 0 Å². The van der Waals surface area contributed by atoms with E-state index in [1.165, 1.54) is 5.69 Å². The fraction of sp³-hybridized carbons (Fsp3) is 0.778. The number of aromatic nitrogens is 3. The van der Waals surface area contributed by atoms with Crippen molar-refractivity contribution in [2.45, 2.75) is 19.5 Å². The first-order valence-electron chi connectivity index (χ1n) is 5.05. The summed E-state index contributed by atoms with van der Waals surface area (Å²) in [4.78, 5) is 2.45. The highest BCUT2D eigenvalue weighted by atomic mass is 15.4. The van der Waals surface area contributed by atoms with Crippen LogP contribution in [0, 0.1) is 0 Å². The Morgan fingerprint density at radius 1 is 1.64 bits per heavy atom. The number of nitrogens with one attached hydrogen (secondary N) is 1. The summed E-state index contributed by atoms with van der Waals surface area (Å²) in [7, 11) is 1.94. The van der Waals surface area contributed by atoms with Gasteiger partial charge in [0.1, 0.15) is 0 Å². The zero-order valence-corrected chi connectivity index (χ0v) is 8.77. The van der Waals surface area contributed by atoms with Crippen LogP contribution in [-0.4, -0.2) is 45.6 Å². The molecule has 1 saturated heterocycles. The number of piperazine rings is 1. The summed E-state index contributed by atoms with van der Waals surface area (Å²) < 4.78 is 1.84. The van der Waals surface area contributed by atoms with Crippen molar-refractivity contribution in [3.63, 3.8) is 0 Å². The number of hydrogen-bond acceptors (Lipinski definition) is 4. The molecule has 0 aliphatic carbocycles. The van der Waals surface area contributed by atoms with Crippen LogP contribution in [0.3, 0.4) is 0 Å². The summed E-state index contributed by atoms with van der Waals surface area (Å²) >= 11 is 0. The Bertz CT molecular complexity index is 295. The van der Waals surface area contributed by atoms with Crippen molar-refractivity contribution in [2.75, 3.05) is 19.6 Å². The highest BCUT2D eigenvalue weighted by molar-refractivity contribution is 4.94. The molecular weight excluding hydrogens is 178 g/mol. The summed E-state index contributed by atoms with van der Waals surface area (Å²) in [5.74, 6) is 0. The van der Waals surface area contributed by atoms with E-state index in [1.54, 1.807) is 0 Å². The number of rotatable bonds is 2. The fourth-order valence-corrected chi connectivity index (χ4v) is 1.78. The maximum Gasteiger partial charge on any atom is 0.0738 e. The Balaban J connectivity index is 1.99. The Morgan fingerprint density at radius 3 is 3.14 bits per heavy atom. The van der Waals surface area contributed by atoms with Crippen LogP contribution in [0.2, 0.25) is 0 Å². The van der Waals surface area contributed by atoms with Crippen molar-refractivity contribution in [1.82, 2.24) is 25.2 Å². The molecule has 0 bridgehead atoms. The normalized spacial score (nSPS) is 24.0. The van der Waals surface area contributed by atoms with Crippen LogP contribution in [0.25, 0.3) is 0 Å². The van der Waals surface area contributed by atoms with E-state index in [0.29, 0.717) is 6.04 Å². The van der Waals surface area contributed by atoms with Crippen molar-refractivity contribution >= 4 is 0 Å². The molecule has 1 atom stereocenters. The number of hydrogen-bond donors (Lipinski definition) is 1. The Hall–Kier alpha value is -0.940. The zero-order chi connectivity index (χ0) is 9.97. The smallest absolute Gasteiger partial charge is 0.0738 e. The van der Waals surface area contributed by atoms with Crippen LogP contribution in [0.5, 0.6) is 0 Å². The third-order valence-electron chi connectivity index (χ3n) is 2.81. The monoisotopic (exact) mass is 195 g/mol. The van der Waals surface area contributed by atoms with E-state index in [4.69, 9.17) is 0 Å². The van der Waals surface area contributed by atoms with Gasteiger partial charge in [0.15, 0.2) is 0 Å². The first kappa shape index (κ1) is 9.61. The summed E-state index contributed by atoms with van der Waals surface area (Å²) in [6.45, 7) is 6.45. The van der Waals surface area contributed by atoms with Gasteiger partial charge in [-0.3, -0.25) is 9.58 Å². The van der Waals surface area contributed by atoms with Crippen LogP contribution in [0.4, 0.5) is 0 Å². The molecule has 1 aromatic rings. The summed E-state index contributed by atoms with van der Waals surface area (Å²) in [5, 5.41) is 11.2. The molecule has 1 N–H and O–H groups in total. The van der Waals surface area contributed by atoms with Crippen LogP contribution in [0.15, 0.2) is 6.20 Å². The van der Waals surface area contributed by atoms with E-state index in [9.17, 15) is 0 Å². The third-order valence-corrected chi connectivity index (χ3v) is 2.81. The highest BCUT2D eigenvalue weighted by Gasteiger charge is 2.18. The van der Waals surface area contributed by atoms with Gasteiger partial charge >= 0.3 is 0 Å². The lowest BCUT2D eigenvalue weighted by atomic mass is 10.2. The van der Waals surface area contributed by atoms with Crippen molar-refractivity contribution in [1.29, 1.82) is 0 Å². The lowest BCUT2D eigenvalue weighted by Gasteiger charge is -2.33. The third kappa shape index (κ3) is 1.93. The molecule has 78 valence electrons. The Labute approximate surface area is 84.1 Å². The molecule has 14 heavy (non-hydrogen) atoms. The fourth-order valence-electron chi connectivity index (χ4n) is 1.78. The molecule has 0 amide bonds. The van der Waals surface area contributed by atoms with Gasteiger partial charge in [-0.25, -0.2) is 0 Å². The standard InChI is InChI=1S/C9H17N5/c1-8-5-10-3-4-14(8)7-9-6-11-12-13(9)2/h6,8,10H,3-5,7H2,1-2H3/t8-/m1/s1. The highest BCUT2D eigenvalue weighted by Crippen LogP contribution is 2.07. The van der Waals surface area contributed by atoms with Crippen LogP contribution in [0.1, 0.15) is 12.6 Å². The van der Waals surface area contributed by atoms with E-state index in [-0.39, 0.29) is 0 Å². The molecule has 1 aliphatic rings. The predicted molar refractivity (Wildman–Crippen MR) is 53.7 cm³/mol. The van der Waals surface area contributed by atoms with Gasteiger partial charge in [-0.2, -0.15) is 0 Å². The quantitative estimate of drug-likeness (QED) is 0.698. The SMILES string of the molecule is C[C@@H]1CNCCN1Cc1cnnn1C. The first-order valence-corrected chi connectivity index (χ1v) is 5.05. The molecule has 1 fully saturated rings. The minimum absolute atomic E-state index is 0.596. The molecule has 0 unspecified atom stereocenters. The zero-order valence-electron chi connectivity index (χ0n) is 8.77. The van der Waals surface area contributed by atoms with Crippen molar-refractivity contribution in [3.05, 3.63) is 11.9 Å². The van der Waals surface area contributed by atoms with Gasteiger partial charge in [0.25, 0.3) is 0 Å². The molecule has 5 heteroatoms. The molecular formula is C9H17N5. The summed E-state index contributed by atoms with van der Waals surface area (Å²) in [5.41, 5.74) is 1.18. The largest absolute Gasteiger partial charge is 0.314 e. The Kier molecular flexibility index (Phi) is 2.79. The first-order chi connectivity index (χ1) is 6.77. The molecule has 1 aliphatic heterocycles. The molecule has 0 radical (unpaired) electrons. The van der Waals surface area contributed by atoms with Gasteiger partial charge in [-0.1, -0.05) is 5.21 Å². The average molecular weight is 195 g/mol. The van der Waals surface area contributed by atoms with E-state index in [0.717, 1.165) is 26.2 Å². The molecule has 1 aromatic heterocycles. The van der Waals surface area contributed by atoms with Crippen LogP contribution in [-0.2, 0) is 13.6 Å². The maximum atomic E-state index is 3.93. The van der Waals surface area contributed by atoms with Gasteiger partial charge in [0.2, 0.25) is 0 Å². The number of nitrogens with zero attached hydrogens (tertiary/aromatic N) is 4. The van der Waals surface area contributed by atoms with Gasteiger partial charge in [-0.15, -0.1) is 5.10 Å². The minimum atomic E-state index is 0.596. The second-order valence-corrected chi connectivity index (χ2v) is 3.87. The van der Waals surface area contributed by atoms with E-state index in [2.05, 4.69) is 27.5 Å². The van der Waals surface area contributed by atoms with Crippen molar-refractivity contribution in [2.24, 2.45) is 7.05 Å². The van der Waals surface area contributed by atoms with E-state index in [1.807, 2.05) is 17.9 Å². The van der Waals surface area contributed by atoms with E-state index < -0.39 is 0 Å². The van der Waals surface area contributed by atoms with Gasteiger partial charge < -0.3 is 5.32 Å². The van der Waals surface area contributed by atoms with Gasteiger partial charge in [0.05, 0.1) is 11.9 Å². The predicted octanol–water partition coefficient (Wildman–Crippen LogP) is -0.391. The summed E-state index contributed by atoms with van der Waals surface area (Å²) in [6.07, 6.45) is 1.84. The second kappa shape index (κ2) is 4.06. The summed E-state index contributed by atoms with van der Waals surface area (Å²) in [6, 6.07) is 0.596. The number of aryl methyl sites for hydroxylation is 1. The van der Waals surface area contributed by atoms with Crippen molar-refractivity contribution < 1.29 is 0 Å².